The van der Waals surface area contributed by atoms with Crippen LogP contribution in [-0.4, -0.2) is 12.6 Å². The van der Waals surface area contributed by atoms with Crippen molar-refractivity contribution in [1.29, 1.82) is 0 Å². The molecular formula is C13H19ClN2O. The predicted octanol–water partition coefficient (Wildman–Crippen LogP) is 3.36. The quantitative estimate of drug-likeness (QED) is 0.850. The van der Waals surface area contributed by atoms with Crippen molar-refractivity contribution in [2.45, 2.75) is 26.8 Å². The van der Waals surface area contributed by atoms with Crippen LogP contribution >= 0.6 is 11.6 Å². The van der Waals surface area contributed by atoms with Gasteiger partial charge in [0.05, 0.1) is 6.04 Å². The highest BCUT2D eigenvalue weighted by Crippen LogP contribution is 2.21. The largest absolute Gasteiger partial charge is 0.338 e. The maximum absolute atomic E-state index is 11.6. The van der Waals surface area contributed by atoms with Crippen LogP contribution in [0.1, 0.15) is 32.4 Å². The molecule has 0 bridgehead atoms. The third kappa shape index (κ3) is 4.65. The van der Waals surface area contributed by atoms with Crippen LogP contribution in [0.15, 0.2) is 24.3 Å². The zero-order chi connectivity index (χ0) is 12.8. The summed E-state index contributed by atoms with van der Waals surface area (Å²) in [6.45, 7) is 6.69. The number of rotatable bonds is 4. The molecule has 1 atom stereocenters. The van der Waals surface area contributed by atoms with E-state index in [0.717, 1.165) is 5.56 Å². The van der Waals surface area contributed by atoms with Gasteiger partial charge >= 0.3 is 6.03 Å². The minimum atomic E-state index is -0.161. The second-order valence-corrected chi connectivity index (χ2v) is 4.90. The Labute approximate surface area is 108 Å². The smallest absolute Gasteiger partial charge is 0.315 e. The Hall–Kier alpha value is -1.22. The summed E-state index contributed by atoms with van der Waals surface area (Å²) in [7, 11) is 0. The number of hydrogen-bond donors (Lipinski definition) is 2. The van der Waals surface area contributed by atoms with Crippen molar-refractivity contribution >= 4 is 17.6 Å². The molecule has 0 saturated heterocycles. The maximum Gasteiger partial charge on any atom is 0.315 e. The zero-order valence-electron chi connectivity index (χ0n) is 10.5. The van der Waals surface area contributed by atoms with E-state index in [1.165, 1.54) is 0 Å². The summed E-state index contributed by atoms with van der Waals surface area (Å²) in [6, 6.07) is 7.25. The number of carbonyl (C=O) groups is 1. The molecule has 3 nitrogen and oxygen atoms in total. The molecule has 2 amide bonds. The average molecular weight is 255 g/mol. The highest BCUT2D eigenvalue weighted by molar-refractivity contribution is 6.31. The van der Waals surface area contributed by atoms with Gasteiger partial charge in [0.15, 0.2) is 0 Å². The Bertz CT molecular complexity index is 379. The molecule has 0 radical (unpaired) electrons. The fraction of sp³-hybridized carbons (Fsp3) is 0.462. The summed E-state index contributed by atoms with van der Waals surface area (Å²) in [5.74, 6) is 0.441. The van der Waals surface area contributed by atoms with Gasteiger partial charge in [-0.1, -0.05) is 43.6 Å². The first-order valence-electron chi connectivity index (χ1n) is 5.79. The van der Waals surface area contributed by atoms with E-state index in [1.807, 2.05) is 31.2 Å². The van der Waals surface area contributed by atoms with Crippen molar-refractivity contribution in [3.63, 3.8) is 0 Å². The van der Waals surface area contributed by atoms with E-state index < -0.39 is 0 Å². The van der Waals surface area contributed by atoms with Crippen LogP contribution in [0.5, 0.6) is 0 Å². The number of urea groups is 1. The second-order valence-electron chi connectivity index (χ2n) is 4.49. The van der Waals surface area contributed by atoms with Gasteiger partial charge < -0.3 is 10.6 Å². The summed E-state index contributed by atoms with van der Waals surface area (Å²) in [4.78, 5) is 11.6. The van der Waals surface area contributed by atoms with E-state index in [2.05, 4.69) is 24.5 Å². The standard InChI is InChI=1S/C13H19ClN2O/c1-9(2)8-15-13(17)16-10(3)11-6-4-5-7-12(11)14/h4-7,9-10H,8H2,1-3H3,(H2,15,16,17)/t10-/m0/s1. The molecule has 0 aliphatic heterocycles. The van der Waals surface area contributed by atoms with E-state index in [4.69, 9.17) is 11.6 Å². The van der Waals surface area contributed by atoms with Crippen molar-refractivity contribution in [1.82, 2.24) is 10.6 Å². The van der Waals surface area contributed by atoms with Gasteiger partial charge in [0.1, 0.15) is 0 Å². The van der Waals surface area contributed by atoms with E-state index >= 15 is 0 Å². The van der Waals surface area contributed by atoms with Crippen molar-refractivity contribution in [2.24, 2.45) is 5.92 Å². The predicted molar refractivity (Wildman–Crippen MR) is 71.2 cm³/mol. The molecule has 0 unspecified atom stereocenters. The average Bonchev–Trinajstić information content (AvgIpc) is 2.26. The third-order valence-corrected chi connectivity index (χ3v) is 2.73. The SMILES string of the molecule is CC(C)CNC(=O)N[C@@H](C)c1ccccc1Cl. The lowest BCUT2D eigenvalue weighted by Crippen LogP contribution is -2.38. The Morgan fingerprint density at radius 2 is 1.94 bits per heavy atom. The van der Waals surface area contributed by atoms with Crippen LogP contribution in [0.25, 0.3) is 0 Å². The van der Waals surface area contributed by atoms with Gasteiger partial charge in [-0.2, -0.15) is 0 Å². The Morgan fingerprint density at radius 3 is 2.53 bits per heavy atom. The molecular weight excluding hydrogens is 236 g/mol. The number of hydrogen-bond acceptors (Lipinski definition) is 1. The fourth-order valence-electron chi connectivity index (χ4n) is 1.45. The molecule has 2 N–H and O–H groups in total. The molecule has 0 saturated carbocycles. The molecule has 0 aliphatic carbocycles. The summed E-state index contributed by atoms with van der Waals surface area (Å²) in [5.41, 5.74) is 0.925. The number of halogens is 1. The first-order chi connectivity index (χ1) is 8.00. The Balaban J connectivity index is 2.52. The fourth-order valence-corrected chi connectivity index (χ4v) is 1.75. The van der Waals surface area contributed by atoms with Gasteiger partial charge in [-0.25, -0.2) is 4.79 Å². The van der Waals surface area contributed by atoms with Gasteiger partial charge in [0.2, 0.25) is 0 Å². The van der Waals surface area contributed by atoms with Gasteiger partial charge in [-0.05, 0) is 24.5 Å². The van der Waals surface area contributed by atoms with Crippen molar-refractivity contribution in [3.8, 4) is 0 Å². The molecule has 0 fully saturated rings. The van der Waals surface area contributed by atoms with E-state index in [9.17, 15) is 4.79 Å². The highest BCUT2D eigenvalue weighted by atomic mass is 35.5. The zero-order valence-corrected chi connectivity index (χ0v) is 11.2. The maximum atomic E-state index is 11.6. The van der Waals surface area contributed by atoms with Crippen molar-refractivity contribution < 1.29 is 4.79 Å². The van der Waals surface area contributed by atoms with Crippen molar-refractivity contribution in [3.05, 3.63) is 34.9 Å². The minimum absolute atomic E-state index is 0.101. The summed E-state index contributed by atoms with van der Waals surface area (Å²) in [6.07, 6.45) is 0. The van der Waals surface area contributed by atoms with Crippen LogP contribution in [-0.2, 0) is 0 Å². The van der Waals surface area contributed by atoms with Gasteiger partial charge in [0.25, 0.3) is 0 Å². The summed E-state index contributed by atoms with van der Waals surface area (Å²) in [5, 5.41) is 6.34. The normalized spacial score (nSPS) is 12.3. The van der Waals surface area contributed by atoms with Gasteiger partial charge in [-0.3, -0.25) is 0 Å². The lowest BCUT2D eigenvalue weighted by atomic mass is 10.1. The Kier molecular flexibility index (Phi) is 5.29. The minimum Gasteiger partial charge on any atom is -0.338 e. The van der Waals surface area contributed by atoms with Crippen LogP contribution in [0, 0.1) is 5.92 Å². The van der Waals surface area contributed by atoms with E-state index in [-0.39, 0.29) is 12.1 Å². The molecule has 1 aromatic carbocycles. The van der Waals surface area contributed by atoms with Gasteiger partial charge in [-0.15, -0.1) is 0 Å². The molecule has 4 heteroatoms. The van der Waals surface area contributed by atoms with Crippen molar-refractivity contribution in [2.75, 3.05) is 6.54 Å². The van der Waals surface area contributed by atoms with E-state index in [1.54, 1.807) is 0 Å². The molecule has 0 aliphatic rings. The first kappa shape index (κ1) is 13.8. The number of nitrogens with one attached hydrogen (secondary N) is 2. The lowest BCUT2D eigenvalue weighted by molar-refractivity contribution is 0.236. The van der Waals surface area contributed by atoms with Crippen LogP contribution in [0.2, 0.25) is 5.02 Å². The molecule has 1 aromatic rings. The number of carbonyl (C=O) groups excluding carboxylic acids is 1. The molecule has 17 heavy (non-hydrogen) atoms. The van der Waals surface area contributed by atoms with Gasteiger partial charge in [0, 0.05) is 11.6 Å². The topological polar surface area (TPSA) is 41.1 Å². The summed E-state index contributed by atoms with van der Waals surface area (Å²) >= 11 is 6.06. The molecule has 0 heterocycles. The monoisotopic (exact) mass is 254 g/mol. The molecule has 0 spiro atoms. The summed E-state index contributed by atoms with van der Waals surface area (Å²) < 4.78 is 0. The number of benzene rings is 1. The second kappa shape index (κ2) is 6.50. The molecule has 1 rings (SSSR count). The first-order valence-corrected chi connectivity index (χ1v) is 6.17. The lowest BCUT2D eigenvalue weighted by Gasteiger charge is -2.16. The van der Waals surface area contributed by atoms with Crippen LogP contribution < -0.4 is 10.6 Å². The Morgan fingerprint density at radius 1 is 1.29 bits per heavy atom. The highest BCUT2D eigenvalue weighted by Gasteiger charge is 2.11. The van der Waals surface area contributed by atoms with E-state index in [0.29, 0.717) is 17.5 Å². The number of amides is 2. The van der Waals surface area contributed by atoms with Crippen LogP contribution in [0.4, 0.5) is 4.79 Å². The third-order valence-electron chi connectivity index (χ3n) is 2.39. The molecule has 94 valence electrons. The van der Waals surface area contributed by atoms with Crippen LogP contribution in [0.3, 0.4) is 0 Å². The molecule has 0 aromatic heterocycles.